The number of methoxy groups -OCH3 is 2. The van der Waals surface area contributed by atoms with Crippen LogP contribution in [0.4, 0.5) is 10.1 Å². The zero-order chi connectivity index (χ0) is 28.5. The Morgan fingerprint density at radius 3 is 2.38 bits per heavy atom. The average Bonchev–Trinajstić information content (AvgIpc) is 3.32. The summed E-state index contributed by atoms with van der Waals surface area (Å²) in [5, 5.41) is 22.7. The fourth-order valence-corrected chi connectivity index (χ4v) is 3.56. The second-order valence-corrected chi connectivity index (χ2v) is 7.91. The van der Waals surface area contributed by atoms with Crippen molar-refractivity contribution in [2.45, 2.75) is 19.6 Å². The minimum atomic E-state index is -0.833. The van der Waals surface area contributed by atoms with Gasteiger partial charge in [-0.2, -0.15) is 0 Å². The maximum atomic E-state index is 13.9. The number of nitrogens with two attached hydrogens (primary N) is 1. The predicted molar refractivity (Wildman–Crippen MR) is 140 cm³/mol. The molecular formula is C25H27FN8O5. The first-order valence-corrected chi connectivity index (χ1v) is 11.4. The third-order valence-electron chi connectivity index (χ3n) is 5.21. The van der Waals surface area contributed by atoms with Gasteiger partial charge in [-0.05, 0) is 48.0 Å². The molecule has 14 heteroatoms. The van der Waals surface area contributed by atoms with Crippen molar-refractivity contribution in [1.29, 1.82) is 5.41 Å². The summed E-state index contributed by atoms with van der Waals surface area (Å²) in [4.78, 5) is 32.6. The molecule has 4 rings (SSSR count). The number of nitrogen functional groups attached to an aromatic ring is 1. The number of carboxylic acids is 1. The van der Waals surface area contributed by atoms with Gasteiger partial charge in [0.1, 0.15) is 18.6 Å². The normalized spacial score (nSPS) is 11.1. The highest BCUT2D eigenvalue weighted by Crippen LogP contribution is 2.37. The highest BCUT2D eigenvalue weighted by Gasteiger charge is 2.24. The quantitative estimate of drug-likeness (QED) is 0.156. The third kappa shape index (κ3) is 6.94. The lowest BCUT2D eigenvalue weighted by Crippen LogP contribution is -2.18. The van der Waals surface area contributed by atoms with Gasteiger partial charge in [-0.15, -0.1) is 9.78 Å². The molecule has 0 aliphatic rings. The van der Waals surface area contributed by atoms with Crippen LogP contribution < -0.4 is 26.2 Å². The lowest BCUT2D eigenvalue weighted by molar-refractivity contribution is -0.134. The molecule has 0 bridgehead atoms. The summed E-state index contributed by atoms with van der Waals surface area (Å²) >= 11 is 0. The number of carbonyl (C=O) groups is 1. The van der Waals surface area contributed by atoms with Crippen LogP contribution in [0.5, 0.6) is 11.5 Å². The Kier molecular flexibility index (Phi) is 9.29. The van der Waals surface area contributed by atoms with Crippen molar-refractivity contribution in [2.24, 2.45) is 5.73 Å². The van der Waals surface area contributed by atoms with Gasteiger partial charge in [0.15, 0.2) is 17.3 Å². The Bertz CT molecular complexity index is 1460. The molecule has 1 unspecified atom stereocenters. The standard InChI is InChI=1S/C23H23FN8O3.C2H4O2/c1-34-17-11-14(10-15(12-24)19(17)35-2)18(29-16-6-4-13(5-7-16)20(25)26)21-30-23(33)32(31-21)22-27-8-3-9-28-22;1-2(3)4/h3-11,18,29H,12H2,1-2H3,(H3,25,26)(H,30,31,33);1H3,(H,3,4). The number of H-pyrrole nitrogens is 1. The molecule has 204 valence electrons. The first-order valence-electron chi connectivity index (χ1n) is 11.4. The van der Waals surface area contributed by atoms with Crippen LogP contribution in [0.15, 0.2) is 59.7 Å². The Balaban J connectivity index is 0.000000983. The van der Waals surface area contributed by atoms with E-state index < -0.39 is 24.4 Å². The molecule has 0 aliphatic heterocycles. The first-order chi connectivity index (χ1) is 18.7. The number of nitrogens with zero attached hydrogens (tertiary/aromatic N) is 4. The summed E-state index contributed by atoms with van der Waals surface area (Å²) < 4.78 is 25.7. The van der Waals surface area contributed by atoms with E-state index in [1.54, 1.807) is 42.5 Å². The zero-order valence-corrected chi connectivity index (χ0v) is 21.3. The van der Waals surface area contributed by atoms with Crippen molar-refractivity contribution in [3.8, 4) is 17.4 Å². The maximum Gasteiger partial charge on any atom is 0.350 e. The summed E-state index contributed by atoms with van der Waals surface area (Å²) in [6.45, 7) is 0.288. The fraction of sp³-hybridized carbons (Fsp3) is 0.200. The molecule has 2 aromatic heterocycles. The van der Waals surface area contributed by atoms with Crippen LogP contribution in [-0.4, -0.2) is 55.9 Å². The number of aliphatic carboxylic acids is 1. The van der Waals surface area contributed by atoms with Crippen molar-refractivity contribution in [1.82, 2.24) is 24.7 Å². The van der Waals surface area contributed by atoms with Gasteiger partial charge in [0, 0.05) is 36.1 Å². The number of hydrogen-bond acceptors (Lipinski definition) is 9. The van der Waals surface area contributed by atoms with Gasteiger partial charge < -0.3 is 25.6 Å². The van der Waals surface area contributed by atoms with E-state index in [1.165, 1.54) is 26.6 Å². The van der Waals surface area contributed by atoms with E-state index in [0.29, 0.717) is 22.6 Å². The van der Waals surface area contributed by atoms with Gasteiger partial charge >= 0.3 is 5.69 Å². The number of amidine groups is 1. The lowest BCUT2D eigenvalue weighted by atomic mass is 10.0. The Morgan fingerprint density at radius 2 is 1.85 bits per heavy atom. The molecule has 1 atom stereocenters. The summed E-state index contributed by atoms with van der Waals surface area (Å²) in [5.74, 6) is 0.0347. The minimum absolute atomic E-state index is 0.0634. The first kappa shape index (κ1) is 28.3. The molecule has 0 spiro atoms. The minimum Gasteiger partial charge on any atom is -0.493 e. The average molecular weight is 539 g/mol. The maximum absolute atomic E-state index is 13.9. The van der Waals surface area contributed by atoms with E-state index in [1.807, 2.05) is 0 Å². The number of aromatic nitrogens is 5. The van der Waals surface area contributed by atoms with Crippen LogP contribution in [0.25, 0.3) is 5.95 Å². The van der Waals surface area contributed by atoms with E-state index in [2.05, 4.69) is 25.4 Å². The molecule has 4 aromatic rings. The summed E-state index contributed by atoms with van der Waals surface area (Å²) in [6.07, 6.45) is 2.99. The van der Waals surface area contributed by atoms with Crippen molar-refractivity contribution in [3.05, 3.63) is 87.9 Å². The van der Waals surface area contributed by atoms with Gasteiger partial charge in [-0.3, -0.25) is 15.2 Å². The third-order valence-corrected chi connectivity index (χ3v) is 5.21. The highest BCUT2D eigenvalue weighted by atomic mass is 19.1. The second kappa shape index (κ2) is 12.8. The zero-order valence-electron chi connectivity index (χ0n) is 21.3. The van der Waals surface area contributed by atoms with Crippen LogP contribution in [0, 0.1) is 5.41 Å². The van der Waals surface area contributed by atoms with Crippen LogP contribution in [-0.2, 0) is 11.5 Å². The van der Waals surface area contributed by atoms with Crippen molar-refractivity contribution >= 4 is 17.5 Å². The van der Waals surface area contributed by atoms with Crippen molar-refractivity contribution < 1.29 is 23.8 Å². The van der Waals surface area contributed by atoms with Crippen LogP contribution in [0.1, 0.15) is 35.5 Å². The lowest BCUT2D eigenvalue weighted by Gasteiger charge is -2.21. The van der Waals surface area contributed by atoms with Crippen molar-refractivity contribution in [2.75, 3.05) is 19.5 Å². The van der Waals surface area contributed by atoms with E-state index in [4.69, 9.17) is 30.5 Å². The van der Waals surface area contributed by atoms with E-state index in [-0.39, 0.29) is 28.9 Å². The summed E-state index contributed by atoms with van der Waals surface area (Å²) in [7, 11) is 2.89. The van der Waals surface area contributed by atoms with E-state index in [9.17, 15) is 9.18 Å². The second-order valence-electron chi connectivity index (χ2n) is 7.91. The smallest absolute Gasteiger partial charge is 0.350 e. The van der Waals surface area contributed by atoms with Gasteiger partial charge in [0.2, 0.25) is 0 Å². The number of hydrogen-bond donors (Lipinski definition) is 5. The number of alkyl halides is 1. The Morgan fingerprint density at radius 1 is 1.21 bits per heavy atom. The number of aromatic amines is 1. The monoisotopic (exact) mass is 538 g/mol. The highest BCUT2D eigenvalue weighted by molar-refractivity contribution is 5.95. The molecule has 0 saturated heterocycles. The van der Waals surface area contributed by atoms with E-state index >= 15 is 0 Å². The van der Waals surface area contributed by atoms with E-state index in [0.717, 1.165) is 11.6 Å². The topological polar surface area (TPSA) is 194 Å². The fourth-order valence-electron chi connectivity index (χ4n) is 3.56. The number of benzene rings is 2. The van der Waals surface area contributed by atoms with Gasteiger partial charge in [0.25, 0.3) is 11.9 Å². The molecular weight excluding hydrogens is 511 g/mol. The molecule has 0 aliphatic carbocycles. The number of carboxylic acid groups (broad SMARTS) is 1. The molecule has 6 N–H and O–H groups in total. The molecule has 0 amide bonds. The molecule has 0 fully saturated rings. The van der Waals surface area contributed by atoms with Gasteiger partial charge in [-0.1, -0.05) is 0 Å². The number of anilines is 1. The SMILES string of the molecule is CC(=O)O.COc1cc(C(Nc2ccc(C(=N)N)cc2)c2nn(-c3ncccn3)c(=O)[nH]2)cc(CF)c1OC. The molecule has 0 radical (unpaired) electrons. The van der Waals surface area contributed by atoms with Gasteiger partial charge in [0.05, 0.1) is 14.2 Å². The summed E-state index contributed by atoms with van der Waals surface area (Å²) in [6, 6.07) is 11.0. The number of ether oxygens (including phenoxy) is 2. The van der Waals surface area contributed by atoms with Crippen LogP contribution in [0.2, 0.25) is 0 Å². The number of rotatable bonds is 9. The predicted octanol–water partition coefficient (Wildman–Crippen LogP) is 2.41. The number of nitrogens with one attached hydrogen (secondary N) is 3. The number of halogens is 1. The van der Waals surface area contributed by atoms with Crippen LogP contribution in [0.3, 0.4) is 0 Å². The molecule has 0 saturated carbocycles. The molecule has 13 nitrogen and oxygen atoms in total. The Labute approximate surface area is 222 Å². The summed E-state index contributed by atoms with van der Waals surface area (Å²) in [5.41, 5.74) is 7.03. The van der Waals surface area contributed by atoms with Crippen molar-refractivity contribution in [3.63, 3.8) is 0 Å². The molecule has 2 aromatic carbocycles. The largest absolute Gasteiger partial charge is 0.493 e. The van der Waals surface area contributed by atoms with Gasteiger partial charge in [-0.25, -0.2) is 19.2 Å². The molecule has 2 heterocycles. The van der Waals surface area contributed by atoms with Crippen LogP contribution >= 0.6 is 0 Å². The Hall–Kier alpha value is -5.27. The molecule has 39 heavy (non-hydrogen) atoms.